The Morgan fingerprint density at radius 2 is 2.00 bits per heavy atom. The van der Waals surface area contributed by atoms with E-state index < -0.39 is 0 Å². The number of piperidine rings is 1. The summed E-state index contributed by atoms with van der Waals surface area (Å²) in [5, 5.41) is 3.18. The van der Waals surface area contributed by atoms with Gasteiger partial charge in [-0.15, -0.1) is 0 Å². The number of rotatable bonds is 4. The van der Waals surface area contributed by atoms with Gasteiger partial charge in [0.25, 0.3) is 5.91 Å². The molecule has 3 N–H and O–H groups in total. The lowest BCUT2D eigenvalue weighted by Gasteiger charge is -2.34. The largest absolute Gasteiger partial charge is 0.397 e. The molecule has 1 amide bonds. The number of nitrogens with one attached hydrogen (secondary N) is 1. The summed E-state index contributed by atoms with van der Waals surface area (Å²) in [4.78, 5) is 19.7. The SMILES string of the molecule is Nc1cccnc1-c1cccc(C(=O)N[C@H]2COC[C@@H]2N2CCCCC2)c1. The molecule has 0 unspecified atom stereocenters. The summed E-state index contributed by atoms with van der Waals surface area (Å²) in [7, 11) is 0. The summed E-state index contributed by atoms with van der Waals surface area (Å²) < 4.78 is 5.69. The molecule has 0 saturated carbocycles. The van der Waals surface area contributed by atoms with Gasteiger partial charge >= 0.3 is 0 Å². The number of ether oxygens (including phenoxy) is 1. The summed E-state index contributed by atoms with van der Waals surface area (Å²) in [6.45, 7) is 3.44. The minimum Gasteiger partial charge on any atom is -0.397 e. The zero-order chi connectivity index (χ0) is 18.6. The Morgan fingerprint density at radius 3 is 2.81 bits per heavy atom. The molecule has 6 heteroatoms. The molecule has 2 aliphatic rings. The number of hydrogen-bond acceptors (Lipinski definition) is 5. The molecule has 0 spiro atoms. The molecule has 2 fully saturated rings. The smallest absolute Gasteiger partial charge is 0.251 e. The van der Waals surface area contributed by atoms with Crippen molar-refractivity contribution in [3.05, 3.63) is 48.2 Å². The summed E-state index contributed by atoms with van der Waals surface area (Å²) >= 11 is 0. The first-order valence-corrected chi connectivity index (χ1v) is 9.66. The highest BCUT2D eigenvalue weighted by atomic mass is 16.5. The Kier molecular flexibility index (Phi) is 5.36. The lowest BCUT2D eigenvalue weighted by molar-refractivity contribution is 0.0900. The molecule has 0 radical (unpaired) electrons. The Hall–Kier alpha value is -2.44. The van der Waals surface area contributed by atoms with Gasteiger partial charge in [-0.05, 0) is 50.2 Å². The second-order valence-corrected chi connectivity index (χ2v) is 7.30. The zero-order valence-corrected chi connectivity index (χ0v) is 15.4. The molecule has 1 aromatic carbocycles. The van der Waals surface area contributed by atoms with E-state index in [1.165, 1.54) is 19.3 Å². The lowest BCUT2D eigenvalue weighted by Crippen LogP contribution is -2.52. The maximum absolute atomic E-state index is 12.9. The number of carbonyl (C=O) groups excluding carboxylic acids is 1. The second kappa shape index (κ2) is 8.06. The molecule has 4 rings (SSSR count). The van der Waals surface area contributed by atoms with Gasteiger partial charge in [0, 0.05) is 17.3 Å². The first-order valence-electron chi connectivity index (χ1n) is 9.66. The average molecular weight is 366 g/mol. The molecular weight excluding hydrogens is 340 g/mol. The van der Waals surface area contributed by atoms with Crippen LogP contribution in [0.5, 0.6) is 0 Å². The van der Waals surface area contributed by atoms with Gasteiger partial charge in [0.2, 0.25) is 0 Å². The molecule has 0 bridgehead atoms. The van der Waals surface area contributed by atoms with Crippen LogP contribution in [0.2, 0.25) is 0 Å². The van der Waals surface area contributed by atoms with Crippen molar-refractivity contribution in [2.45, 2.75) is 31.3 Å². The van der Waals surface area contributed by atoms with E-state index >= 15 is 0 Å². The molecule has 2 aliphatic heterocycles. The van der Waals surface area contributed by atoms with Gasteiger partial charge < -0.3 is 15.8 Å². The van der Waals surface area contributed by atoms with Gasteiger partial charge in [-0.25, -0.2) is 0 Å². The number of pyridine rings is 1. The van der Waals surface area contributed by atoms with E-state index in [0.29, 0.717) is 30.2 Å². The van der Waals surface area contributed by atoms with Crippen molar-refractivity contribution in [2.75, 3.05) is 32.0 Å². The predicted octanol–water partition coefficient (Wildman–Crippen LogP) is 2.31. The van der Waals surface area contributed by atoms with Crippen LogP contribution in [0.4, 0.5) is 5.69 Å². The molecule has 2 aromatic rings. The van der Waals surface area contributed by atoms with Crippen molar-refractivity contribution < 1.29 is 9.53 Å². The fraction of sp³-hybridized carbons (Fsp3) is 0.429. The second-order valence-electron chi connectivity index (χ2n) is 7.30. The summed E-state index contributed by atoms with van der Waals surface area (Å²) in [6.07, 6.45) is 5.46. The molecule has 3 heterocycles. The number of nitrogens with zero attached hydrogens (tertiary/aromatic N) is 2. The first-order chi connectivity index (χ1) is 13.2. The molecule has 1 aromatic heterocycles. The van der Waals surface area contributed by atoms with Gasteiger partial charge in [-0.2, -0.15) is 0 Å². The van der Waals surface area contributed by atoms with E-state index in [-0.39, 0.29) is 18.0 Å². The fourth-order valence-electron chi connectivity index (χ4n) is 4.01. The van der Waals surface area contributed by atoms with Gasteiger partial charge in [-0.3, -0.25) is 14.7 Å². The van der Waals surface area contributed by atoms with Crippen LogP contribution in [0, 0.1) is 0 Å². The fourth-order valence-corrected chi connectivity index (χ4v) is 4.01. The molecular formula is C21H26N4O2. The summed E-state index contributed by atoms with van der Waals surface area (Å²) in [5.41, 5.74) is 8.78. The highest BCUT2D eigenvalue weighted by Crippen LogP contribution is 2.24. The van der Waals surface area contributed by atoms with E-state index in [9.17, 15) is 4.79 Å². The summed E-state index contributed by atoms with van der Waals surface area (Å²) in [6, 6.07) is 11.4. The monoisotopic (exact) mass is 366 g/mol. The van der Waals surface area contributed by atoms with Crippen LogP contribution in [0.3, 0.4) is 0 Å². The predicted molar refractivity (Wildman–Crippen MR) is 105 cm³/mol. The number of amides is 1. The normalized spacial score (nSPS) is 23.3. The van der Waals surface area contributed by atoms with Crippen LogP contribution >= 0.6 is 0 Å². The molecule has 6 nitrogen and oxygen atoms in total. The van der Waals surface area contributed by atoms with Crippen molar-refractivity contribution >= 4 is 11.6 Å². The van der Waals surface area contributed by atoms with Gasteiger partial charge in [0.1, 0.15) is 0 Å². The zero-order valence-electron chi connectivity index (χ0n) is 15.4. The van der Waals surface area contributed by atoms with E-state index in [2.05, 4.69) is 15.2 Å². The van der Waals surface area contributed by atoms with E-state index in [4.69, 9.17) is 10.5 Å². The Bertz CT molecular complexity index is 804. The maximum Gasteiger partial charge on any atom is 0.251 e. The van der Waals surface area contributed by atoms with Gasteiger partial charge in [0.05, 0.1) is 36.7 Å². The van der Waals surface area contributed by atoms with Gasteiger partial charge in [0.15, 0.2) is 0 Å². The molecule has 2 atom stereocenters. The van der Waals surface area contributed by atoms with Crippen LogP contribution in [0.15, 0.2) is 42.6 Å². The topological polar surface area (TPSA) is 80.5 Å². The minimum absolute atomic E-state index is 0.0270. The molecule has 142 valence electrons. The van der Waals surface area contributed by atoms with Crippen molar-refractivity contribution in [2.24, 2.45) is 0 Å². The number of nitrogens with two attached hydrogens (primary N) is 1. The number of nitrogen functional groups attached to an aromatic ring is 1. The highest BCUT2D eigenvalue weighted by Gasteiger charge is 2.34. The highest BCUT2D eigenvalue weighted by molar-refractivity contribution is 5.96. The van der Waals surface area contributed by atoms with Crippen molar-refractivity contribution in [3.8, 4) is 11.3 Å². The third-order valence-corrected chi connectivity index (χ3v) is 5.46. The number of likely N-dealkylation sites (tertiary alicyclic amines) is 1. The number of carbonyl (C=O) groups is 1. The minimum atomic E-state index is -0.0798. The van der Waals surface area contributed by atoms with Crippen molar-refractivity contribution in [3.63, 3.8) is 0 Å². The van der Waals surface area contributed by atoms with Crippen LogP contribution < -0.4 is 11.1 Å². The van der Waals surface area contributed by atoms with Crippen LogP contribution in [-0.4, -0.2) is 54.2 Å². The summed E-state index contributed by atoms with van der Waals surface area (Å²) in [5.74, 6) is -0.0798. The van der Waals surface area contributed by atoms with Crippen LogP contribution in [-0.2, 0) is 4.74 Å². The van der Waals surface area contributed by atoms with E-state index in [0.717, 1.165) is 18.7 Å². The maximum atomic E-state index is 12.9. The van der Waals surface area contributed by atoms with Gasteiger partial charge in [-0.1, -0.05) is 18.6 Å². The van der Waals surface area contributed by atoms with Crippen LogP contribution in [0.25, 0.3) is 11.3 Å². The lowest BCUT2D eigenvalue weighted by atomic mass is 10.0. The molecule has 0 aliphatic carbocycles. The third-order valence-electron chi connectivity index (χ3n) is 5.46. The third kappa shape index (κ3) is 3.96. The molecule has 2 saturated heterocycles. The Balaban J connectivity index is 1.48. The molecule has 27 heavy (non-hydrogen) atoms. The van der Waals surface area contributed by atoms with Crippen molar-refractivity contribution in [1.82, 2.24) is 15.2 Å². The standard InChI is InChI=1S/C21H26N4O2/c22-17-8-5-9-23-20(17)15-6-4-7-16(12-15)21(26)24-18-13-27-14-19(18)25-10-2-1-3-11-25/h4-9,12,18-19H,1-3,10-11,13-14,22H2,(H,24,26)/t18-,19-/m0/s1. The average Bonchev–Trinajstić information content (AvgIpc) is 3.17. The number of benzene rings is 1. The Morgan fingerprint density at radius 1 is 1.15 bits per heavy atom. The van der Waals surface area contributed by atoms with E-state index in [1.807, 2.05) is 30.3 Å². The quantitative estimate of drug-likeness (QED) is 0.868. The van der Waals surface area contributed by atoms with Crippen molar-refractivity contribution in [1.29, 1.82) is 0 Å². The Labute approximate surface area is 159 Å². The number of aromatic nitrogens is 1. The first kappa shape index (κ1) is 17.9. The number of anilines is 1. The number of hydrogen-bond donors (Lipinski definition) is 2. The van der Waals surface area contributed by atoms with E-state index in [1.54, 1.807) is 12.3 Å². The van der Waals surface area contributed by atoms with Crippen LogP contribution in [0.1, 0.15) is 29.6 Å².